The Morgan fingerprint density at radius 3 is 2.41 bits per heavy atom. The summed E-state index contributed by atoms with van der Waals surface area (Å²) in [7, 11) is 0. The molecule has 2 aliphatic heterocycles. The number of hydrogen-bond donors (Lipinski definition) is 0. The van der Waals surface area contributed by atoms with Crippen molar-refractivity contribution >= 4 is 23.2 Å². The fraction of sp³-hybridized carbons (Fsp3) is 0.231. The van der Waals surface area contributed by atoms with Crippen molar-refractivity contribution < 1.29 is 14.0 Å². The fourth-order valence-electron chi connectivity index (χ4n) is 4.50. The predicted molar refractivity (Wildman–Crippen MR) is 122 cm³/mol. The van der Waals surface area contributed by atoms with Crippen LogP contribution in [0, 0.1) is 5.82 Å². The molecule has 2 heterocycles. The molecule has 1 fully saturated rings. The van der Waals surface area contributed by atoms with E-state index in [1.54, 1.807) is 23.1 Å². The van der Waals surface area contributed by atoms with Gasteiger partial charge in [0.1, 0.15) is 5.82 Å². The summed E-state index contributed by atoms with van der Waals surface area (Å²) < 4.78 is 13.5. The second kappa shape index (κ2) is 8.46. The van der Waals surface area contributed by atoms with Gasteiger partial charge in [-0.3, -0.25) is 9.59 Å². The first-order valence-electron chi connectivity index (χ1n) is 10.9. The summed E-state index contributed by atoms with van der Waals surface area (Å²) in [6.45, 7) is 3.23. The number of halogens is 1. The molecular weight excluding hydrogens is 405 g/mol. The van der Waals surface area contributed by atoms with Crippen molar-refractivity contribution in [3.63, 3.8) is 0 Å². The molecule has 162 valence electrons. The van der Waals surface area contributed by atoms with Crippen molar-refractivity contribution in [2.75, 3.05) is 36.0 Å². The van der Waals surface area contributed by atoms with Gasteiger partial charge in [0.05, 0.1) is 13.0 Å². The standard InChI is InChI=1S/C26H24FN3O2/c27-22-6-4-5-19(15-22)18-30-24-10-9-20(16-21(24)17-25(30)31)26(32)29-13-11-28(12-14-29)23-7-2-1-3-8-23/h1-10,15-16H,11-14,17-18H2. The Hall–Kier alpha value is -3.67. The van der Waals surface area contributed by atoms with Crippen molar-refractivity contribution in [1.82, 2.24) is 4.90 Å². The summed E-state index contributed by atoms with van der Waals surface area (Å²) >= 11 is 0. The average Bonchev–Trinajstić information content (AvgIpc) is 3.13. The van der Waals surface area contributed by atoms with Crippen LogP contribution in [0.1, 0.15) is 21.5 Å². The molecular formula is C26H24FN3O2. The van der Waals surface area contributed by atoms with Crippen molar-refractivity contribution in [3.05, 3.63) is 95.3 Å². The molecule has 0 saturated carbocycles. The Kier molecular flexibility index (Phi) is 5.35. The Labute approximate surface area is 186 Å². The van der Waals surface area contributed by atoms with Crippen LogP contribution in [0.2, 0.25) is 0 Å². The maximum atomic E-state index is 13.5. The molecule has 5 rings (SSSR count). The molecule has 0 N–H and O–H groups in total. The minimum Gasteiger partial charge on any atom is -0.368 e. The normalized spacial score (nSPS) is 15.8. The Balaban J connectivity index is 1.28. The highest BCUT2D eigenvalue weighted by Gasteiger charge is 2.29. The van der Waals surface area contributed by atoms with Gasteiger partial charge in [0.15, 0.2) is 0 Å². The van der Waals surface area contributed by atoms with E-state index in [1.165, 1.54) is 17.8 Å². The molecule has 0 aromatic heterocycles. The van der Waals surface area contributed by atoms with Crippen LogP contribution in [0.25, 0.3) is 0 Å². The zero-order valence-electron chi connectivity index (χ0n) is 17.7. The monoisotopic (exact) mass is 429 g/mol. The minimum atomic E-state index is -0.317. The molecule has 0 radical (unpaired) electrons. The molecule has 0 unspecified atom stereocenters. The predicted octanol–water partition coefficient (Wildman–Crippen LogP) is 3.88. The van der Waals surface area contributed by atoms with Crippen LogP contribution in [-0.4, -0.2) is 42.9 Å². The van der Waals surface area contributed by atoms with E-state index in [1.807, 2.05) is 35.2 Å². The van der Waals surface area contributed by atoms with Crippen LogP contribution < -0.4 is 9.80 Å². The Bertz CT molecular complexity index is 1160. The second-order valence-corrected chi connectivity index (χ2v) is 8.24. The van der Waals surface area contributed by atoms with Crippen LogP contribution in [0.5, 0.6) is 0 Å². The van der Waals surface area contributed by atoms with E-state index in [2.05, 4.69) is 17.0 Å². The highest BCUT2D eigenvalue weighted by molar-refractivity contribution is 6.03. The fourth-order valence-corrected chi connectivity index (χ4v) is 4.50. The number of rotatable bonds is 4. The van der Waals surface area contributed by atoms with Gasteiger partial charge in [0.25, 0.3) is 5.91 Å². The topological polar surface area (TPSA) is 43.9 Å². The third-order valence-electron chi connectivity index (χ3n) is 6.18. The van der Waals surface area contributed by atoms with E-state index in [0.717, 1.165) is 29.9 Å². The second-order valence-electron chi connectivity index (χ2n) is 8.24. The largest absolute Gasteiger partial charge is 0.368 e. The number of nitrogens with zero attached hydrogens (tertiary/aromatic N) is 3. The van der Waals surface area contributed by atoms with Crippen LogP contribution in [0.15, 0.2) is 72.8 Å². The van der Waals surface area contributed by atoms with E-state index >= 15 is 0 Å². The van der Waals surface area contributed by atoms with Gasteiger partial charge in [-0.15, -0.1) is 0 Å². The lowest BCUT2D eigenvalue weighted by atomic mass is 10.1. The summed E-state index contributed by atoms with van der Waals surface area (Å²) in [5.41, 5.74) is 4.17. The number of amides is 2. The zero-order chi connectivity index (χ0) is 22.1. The van der Waals surface area contributed by atoms with Crippen LogP contribution in [0.3, 0.4) is 0 Å². The van der Waals surface area contributed by atoms with Crippen molar-refractivity contribution in [2.24, 2.45) is 0 Å². The summed E-state index contributed by atoms with van der Waals surface area (Å²) in [4.78, 5) is 31.5. The van der Waals surface area contributed by atoms with E-state index < -0.39 is 0 Å². The molecule has 5 nitrogen and oxygen atoms in total. The summed E-state index contributed by atoms with van der Waals surface area (Å²) in [5.74, 6) is -0.357. The molecule has 0 spiro atoms. The summed E-state index contributed by atoms with van der Waals surface area (Å²) in [5, 5.41) is 0. The molecule has 3 aromatic rings. The van der Waals surface area contributed by atoms with Gasteiger partial charge in [-0.25, -0.2) is 4.39 Å². The Morgan fingerprint density at radius 1 is 0.875 bits per heavy atom. The quantitative estimate of drug-likeness (QED) is 0.632. The first-order valence-corrected chi connectivity index (χ1v) is 10.9. The third-order valence-corrected chi connectivity index (χ3v) is 6.18. The number of carbonyl (C=O) groups is 2. The van der Waals surface area contributed by atoms with E-state index in [9.17, 15) is 14.0 Å². The number of hydrogen-bond acceptors (Lipinski definition) is 3. The number of anilines is 2. The maximum absolute atomic E-state index is 13.5. The van der Waals surface area contributed by atoms with Gasteiger partial charge in [-0.05, 0) is 53.6 Å². The average molecular weight is 429 g/mol. The van der Waals surface area contributed by atoms with E-state index in [4.69, 9.17) is 0 Å². The van der Waals surface area contributed by atoms with Gasteiger partial charge in [-0.2, -0.15) is 0 Å². The highest BCUT2D eigenvalue weighted by atomic mass is 19.1. The van der Waals surface area contributed by atoms with Gasteiger partial charge in [-0.1, -0.05) is 30.3 Å². The van der Waals surface area contributed by atoms with Gasteiger partial charge >= 0.3 is 0 Å². The minimum absolute atomic E-state index is 0.00320. The number of para-hydroxylation sites is 1. The van der Waals surface area contributed by atoms with Gasteiger partial charge in [0.2, 0.25) is 5.91 Å². The van der Waals surface area contributed by atoms with E-state index in [-0.39, 0.29) is 24.1 Å². The lowest BCUT2D eigenvalue weighted by Crippen LogP contribution is -2.48. The lowest BCUT2D eigenvalue weighted by molar-refractivity contribution is -0.117. The molecule has 2 amide bonds. The summed E-state index contributed by atoms with van der Waals surface area (Å²) in [6, 6.07) is 22.0. The maximum Gasteiger partial charge on any atom is 0.253 e. The van der Waals surface area contributed by atoms with Gasteiger partial charge in [0, 0.05) is 43.1 Å². The van der Waals surface area contributed by atoms with Crippen LogP contribution in [-0.2, 0) is 17.8 Å². The van der Waals surface area contributed by atoms with Crippen LogP contribution >= 0.6 is 0 Å². The first kappa shape index (κ1) is 20.2. The zero-order valence-corrected chi connectivity index (χ0v) is 17.7. The Morgan fingerprint density at radius 2 is 1.66 bits per heavy atom. The van der Waals surface area contributed by atoms with E-state index in [0.29, 0.717) is 25.2 Å². The molecule has 2 aliphatic rings. The summed E-state index contributed by atoms with van der Waals surface area (Å²) in [6.07, 6.45) is 0.257. The molecule has 32 heavy (non-hydrogen) atoms. The molecule has 0 bridgehead atoms. The van der Waals surface area contributed by atoms with Crippen molar-refractivity contribution in [3.8, 4) is 0 Å². The third kappa shape index (κ3) is 3.96. The number of benzene rings is 3. The molecule has 1 saturated heterocycles. The van der Waals surface area contributed by atoms with Gasteiger partial charge < -0.3 is 14.7 Å². The first-order chi connectivity index (χ1) is 15.6. The number of fused-ring (bicyclic) bond motifs is 1. The van der Waals surface area contributed by atoms with Crippen molar-refractivity contribution in [2.45, 2.75) is 13.0 Å². The van der Waals surface area contributed by atoms with Crippen LogP contribution in [0.4, 0.5) is 15.8 Å². The SMILES string of the molecule is O=C(c1ccc2c(c1)CC(=O)N2Cc1cccc(F)c1)N1CCN(c2ccccc2)CC1. The number of piperazine rings is 1. The molecule has 0 atom stereocenters. The molecule has 6 heteroatoms. The highest BCUT2D eigenvalue weighted by Crippen LogP contribution is 2.31. The smallest absolute Gasteiger partial charge is 0.253 e. The lowest BCUT2D eigenvalue weighted by Gasteiger charge is -2.36. The molecule has 0 aliphatic carbocycles. The number of carbonyl (C=O) groups excluding carboxylic acids is 2. The molecule has 3 aromatic carbocycles. The van der Waals surface area contributed by atoms with Crippen molar-refractivity contribution in [1.29, 1.82) is 0 Å².